The van der Waals surface area contributed by atoms with Crippen LogP contribution in [0.2, 0.25) is 0 Å². The van der Waals surface area contributed by atoms with E-state index in [1.807, 2.05) is 29.2 Å². The summed E-state index contributed by atoms with van der Waals surface area (Å²) < 4.78 is 19.2. The molecule has 0 saturated carbocycles. The van der Waals surface area contributed by atoms with Gasteiger partial charge in [0.25, 0.3) is 0 Å². The quantitative estimate of drug-likeness (QED) is 0.470. The third-order valence-electron chi connectivity index (χ3n) is 5.61. The van der Waals surface area contributed by atoms with Crippen molar-refractivity contribution >= 4 is 22.5 Å². The minimum Gasteiger partial charge on any atom is -0.494 e. The number of aromatic nitrogens is 3. The number of methoxy groups -OCH3 is 1. The van der Waals surface area contributed by atoms with Crippen molar-refractivity contribution in [1.29, 1.82) is 0 Å². The van der Waals surface area contributed by atoms with E-state index in [0.29, 0.717) is 35.9 Å². The van der Waals surface area contributed by atoms with Crippen LogP contribution in [0, 0.1) is 5.82 Å². The highest BCUT2D eigenvalue weighted by Gasteiger charge is 2.23. The van der Waals surface area contributed by atoms with Gasteiger partial charge in [-0.25, -0.2) is 14.4 Å². The maximum absolute atomic E-state index is 13.5. The monoisotopic (exact) mass is 428 g/mol. The summed E-state index contributed by atoms with van der Waals surface area (Å²) in [6.45, 7) is 1.04. The first kappa shape index (κ1) is 20.1. The van der Waals surface area contributed by atoms with Gasteiger partial charge in [0.1, 0.15) is 22.9 Å². The fourth-order valence-electron chi connectivity index (χ4n) is 4.03. The van der Waals surface area contributed by atoms with E-state index in [-0.39, 0.29) is 11.6 Å². The Bertz CT molecular complexity index is 1290. The van der Waals surface area contributed by atoms with Gasteiger partial charge in [0, 0.05) is 36.3 Å². The molecule has 5 rings (SSSR count). The fraction of sp³-hybridized carbons (Fsp3) is 0.200. The van der Waals surface area contributed by atoms with Crippen LogP contribution in [0.5, 0.6) is 5.75 Å². The Balaban J connectivity index is 1.76. The van der Waals surface area contributed by atoms with Gasteiger partial charge in [-0.1, -0.05) is 12.1 Å². The number of ketones is 1. The number of anilines is 1. The molecule has 1 aliphatic heterocycles. The maximum Gasteiger partial charge on any atom is 0.163 e. The number of Topliss-reactive ketones (excluding diaryl/α,β-unsaturated/α-hetero) is 1. The van der Waals surface area contributed by atoms with Crippen LogP contribution < -0.4 is 9.64 Å². The summed E-state index contributed by atoms with van der Waals surface area (Å²) in [7, 11) is 1.60. The fourth-order valence-corrected chi connectivity index (χ4v) is 4.03. The molecule has 0 atom stereocenters. The standard InChI is InChI=1S/C25H21FN4O2/c1-32-22-13-18(16-6-8-19(26)9-7-16)12-21-23(22)28-24(17-4-2-10-27-14-17)29-25(21)30-11-3-5-20(31)15-30/h2,4,6-10,12-14H,3,5,11,15H2,1H3. The zero-order valence-electron chi connectivity index (χ0n) is 17.6. The van der Waals surface area contributed by atoms with Crippen LogP contribution in [0.25, 0.3) is 33.4 Å². The third-order valence-corrected chi connectivity index (χ3v) is 5.61. The predicted molar refractivity (Wildman–Crippen MR) is 121 cm³/mol. The topological polar surface area (TPSA) is 68.2 Å². The number of benzene rings is 2. The SMILES string of the molecule is COc1cc(-c2ccc(F)cc2)cc2c(N3CCCC(=O)C3)nc(-c3cccnc3)nc12. The lowest BCUT2D eigenvalue weighted by Crippen LogP contribution is -2.36. The second kappa shape index (κ2) is 8.34. The van der Waals surface area contributed by atoms with E-state index in [1.54, 1.807) is 31.6 Å². The summed E-state index contributed by atoms with van der Waals surface area (Å²) in [5.41, 5.74) is 3.14. The molecule has 1 aliphatic rings. The zero-order valence-corrected chi connectivity index (χ0v) is 17.6. The average molecular weight is 428 g/mol. The minimum absolute atomic E-state index is 0.188. The number of piperidine rings is 1. The van der Waals surface area contributed by atoms with Crippen LogP contribution in [-0.2, 0) is 4.79 Å². The van der Waals surface area contributed by atoms with Crippen LogP contribution in [0.1, 0.15) is 12.8 Å². The van der Waals surface area contributed by atoms with Crippen LogP contribution in [0.3, 0.4) is 0 Å². The molecule has 0 unspecified atom stereocenters. The van der Waals surface area contributed by atoms with Crippen molar-refractivity contribution in [2.75, 3.05) is 25.1 Å². The van der Waals surface area contributed by atoms with E-state index in [2.05, 4.69) is 4.98 Å². The third kappa shape index (κ3) is 3.77. The van der Waals surface area contributed by atoms with Crippen molar-refractivity contribution in [3.8, 4) is 28.3 Å². The molecule has 1 saturated heterocycles. The Morgan fingerprint density at radius 2 is 1.88 bits per heavy atom. The van der Waals surface area contributed by atoms with Crippen molar-refractivity contribution in [2.24, 2.45) is 0 Å². The number of halogens is 1. The van der Waals surface area contributed by atoms with Crippen molar-refractivity contribution < 1.29 is 13.9 Å². The summed E-state index contributed by atoms with van der Waals surface area (Å²) in [5, 5.41) is 0.783. The molecular formula is C25H21FN4O2. The first-order chi connectivity index (χ1) is 15.6. The van der Waals surface area contributed by atoms with Gasteiger partial charge < -0.3 is 9.64 Å². The number of carbonyl (C=O) groups is 1. The van der Waals surface area contributed by atoms with Crippen LogP contribution in [0.15, 0.2) is 60.9 Å². The molecule has 0 radical (unpaired) electrons. The molecule has 0 N–H and O–H groups in total. The molecule has 32 heavy (non-hydrogen) atoms. The van der Waals surface area contributed by atoms with Gasteiger partial charge in [-0.2, -0.15) is 0 Å². The highest BCUT2D eigenvalue weighted by Crippen LogP contribution is 2.37. The predicted octanol–water partition coefficient (Wildman–Crippen LogP) is 4.68. The maximum atomic E-state index is 13.5. The van der Waals surface area contributed by atoms with E-state index in [9.17, 15) is 9.18 Å². The minimum atomic E-state index is -0.293. The summed E-state index contributed by atoms with van der Waals surface area (Å²) in [6, 6.07) is 13.9. The Morgan fingerprint density at radius 3 is 2.59 bits per heavy atom. The Morgan fingerprint density at radius 1 is 1.03 bits per heavy atom. The number of nitrogens with zero attached hydrogens (tertiary/aromatic N) is 4. The van der Waals surface area contributed by atoms with Gasteiger partial charge >= 0.3 is 0 Å². The molecule has 0 aliphatic carbocycles. The van der Waals surface area contributed by atoms with E-state index in [0.717, 1.165) is 35.0 Å². The Hall–Kier alpha value is -3.87. The number of carbonyl (C=O) groups excluding carboxylic acids is 1. The molecule has 160 valence electrons. The normalized spacial score (nSPS) is 14.1. The summed E-state index contributed by atoms with van der Waals surface area (Å²) in [5.74, 6) is 1.68. The molecule has 0 amide bonds. The number of ether oxygens (including phenoxy) is 1. The van der Waals surface area contributed by atoms with E-state index in [1.165, 1.54) is 12.1 Å². The molecule has 4 aromatic rings. The first-order valence-corrected chi connectivity index (χ1v) is 10.4. The first-order valence-electron chi connectivity index (χ1n) is 10.4. The lowest BCUT2D eigenvalue weighted by molar-refractivity contribution is -0.118. The smallest absolute Gasteiger partial charge is 0.163 e. The van der Waals surface area contributed by atoms with Crippen molar-refractivity contribution in [3.05, 3.63) is 66.7 Å². The average Bonchev–Trinajstić information content (AvgIpc) is 2.83. The van der Waals surface area contributed by atoms with E-state index >= 15 is 0 Å². The highest BCUT2D eigenvalue weighted by molar-refractivity contribution is 5.99. The molecule has 2 aromatic heterocycles. The number of pyridine rings is 1. The van der Waals surface area contributed by atoms with Crippen molar-refractivity contribution in [2.45, 2.75) is 12.8 Å². The van der Waals surface area contributed by atoms with Crippen LogP contribution in [0.4, 0.5) is 10.2 Å². The van der Waals surface area contributed by atoms with Crippen LogP contribution >= 0.6 is 0 Å². The molecular weight excluding hydrogens is 407 g/mol. The highest BCUT2D eigenvalue weighted by atomic mass is 19.1. The van der Waals surface area contributed by atoms with Gasteiger partial charge in [0.15, 0.2) is 11.6 Å². The summed E-state index contributed by atoms with van der Waals surface area (Å²) >= 11 is 0. The van der Waals surface area contributed by atoms with E-state index in [4.69, 9.17) is 14.7 Å². The molecule has 0 spiro atoms. The van der Waals surface area contributed by atoms with Gasteiger partial charge in [-0.05, 0) is 53.9 Å². The number of fused-ring (bicyclic) bond motifs is 1. The lowest BCUT2D eigenvalue weighted by Gasteiger charge is -2.28. The van der Waals surface area contributed by atoms with Crippen molar-refractivity contribution in [3.63, 3.8) is 0 Å². The lowest BCUT2D eigenvalue weighted by atomic mass is 10.0. The Labute approximate surface area is 184 Å². The molecule has 0 bridgehead atoms. The summed E-state index contributed by atoms with van der Waals surface area (Å²) in [6.07, 6.45) is 4.77. The molecule has 6 nitrogen and oxygen atoms in total. The van der Waals surface area contributed by atoms with Crippen LogP contribution in [-0.4, -0.2) is 40.9 Å². The van der Waals surface area contributed by atoms with Gasteiger partial charge in [0.2, 0.25) is 0 Å². The molecule has 7 heteroatoms. The van der Waals surface area contributed by atoms with Crippen molar-refractivity contribution in [1.82, 2.24) is 15.0 Å². The number of rotatable bonds is 4. The van der Waals surface area contributed by atoms with Gasteiger partial charge in [0.05, 0.1) is 13.7 Å². The molecule has 2 aromatic carbocycles. The number of hydrogen-bond donors (Lipinski definition) is 0. The van der Waals surface area contributed by atoms with Gasteiger partial charge in [-0.15, -0.1) is 0 Å². The zero-order chi connectivity index (χ0) is 22.1. The number of hydrogen-bond acceptors (Lipinski definition) is 6. The molecule has 1 fully saturated rings. The van der Waals surface area contributed by atoms with Gasteiger partial charge in [-0.3, -0.25) is 9.78 Å². The second-order valence-electron chi connectivity index (χ2n) is 7.76. The Kier molecular flexibility index (Phi) is 5.23. The summed E-state index contributed by atoms with van der Waals surface area (Å²) in [4.78, 5) is 28.1. The second-order valence-corrected chi connectivity index (χ2v) is 7.76. The molecule has 3 heterocycles. The van der Waals surface area contributed by atoms with E-state index < -0.39 is 0 Å². The largest absolute Gasteiger partial charge is 0.494 e.